The lowest BCUT2D eigenvalue weighted by Crippen LogP contribution is -2.13. The SMILES string of the molecule is C=CCN=c1scc(-c2ccccc2F)n1N=Cc1c(F)cccc1Cl. The van der Waals surface area contributed by atoms with Crippen LogP contribution in [-0.4, -0.2) is 17.4 Å². The molecule has 0 aliphatic carbocycles. The molecule has 0 unspecified atom stereocenters. The first-order valence-electron chi connectivity index (χ1n) is 7.67. The molecule has 3 aromatic rings. The van der Waals surface area contributed by atoms with E-state index in [1.807, 2.05) is 0 Å². The van der Waals surface area contributed by atoms with Crippen molar-refractivity contribution in [2.45, 2.75) is 0 Å². The Labute approximate surface area is 158 Å². The third-order valence-corrected chi connectivity index (χ3v) is 4.68. The standard InChI is InChI=1S/C19H14ClF2N3S/c1-2-10-23-19-25(24-11-14-15(20)7-5-9-17(14)22)18(12-26-19)13-6-3-4-8-16(13)21/h2-9,11-12H,1,10H2. The molecule has 0 bridgehead atoms. The number of hydrogen-bond acceptors (Lipinski definition) is 3. The molecule has 2 aromatic carbocycles. The van der Waals surface area contributed by atoms with Crippen molar-refractivity contribution >= 4 is 29.2 Å². The minimum absolute atomic E-state index is 0.155. The minimum atomic E-state index is -0.492. The molecule has 132 valence electrons. The summed E-state index contributed by atoms with van der Waals surface area (Å²) >= 11 is 7.35. The van der Waals surface area contributed by atoms with Crippen LogP contribution in [0.25, 0.3) is 11.3 Å². The van der Waals surface area contributed by atoms with Gasteiger partial charge in [-0.2, -0.15) is 5.10 Å². The van der Waals surface area contributed by atoms with Gasteiger partial charge in [0.15, 0.2) is 0 Å². The van der Waals surface area contributed by atoms with Crippen LogP contribution in [0.5, 0.6) is 0 Å². The zero-order valence-electron chi connectivity index (χ0n) is 13.6. The fourth-order valence-electron chi connectivity index (χ4n) is 2.27. The maximum Gasteiger partial charge on any atom is 0.206 e. The van der Waals surface area contributed by atoms with E-state index in [9.17, 15) is 8.78 Å². The average Bonchev–Trinajstić information content (AvgIpc) is 3.02. The highest BCUT2D eigenvalue weighted by Gasteiger charge is 2.12. The molecule has 3 rings (SSSR count). The Morgan fingerprint density at radius 1 is 1.12 bits per heavy atom. The van der Waals surface area contributed by atoms with E-state index in [-0.39, 0.29) is 16.4 Å². The van der Waals surface area contributed by atoms with E-state index in [1.54, 1.807) is 35.7 Å². The summed E-state index contributed by atoms with van der Waals surface area (Å²) in [5.74, 6) is -0.873. The molecule has 0 saturated carbocycles. The second-order valence-corrected chi connectivity index (χ2v) is 6.45. The number of halogens is 3. The lowest BCUT2D eigenvalue weighted by Gasteiger charge is -2.05. The quantitative estimate of drug-likeness (QED) is 0.428. The Morgan fingerprint density at radius 3 is 2.62 bits per heavy atom. The highest BCUT2D eigenvalue weighted by molar-refractivity contribution is 7.07. The zero-order valence-corrected chi connectivity index (χ0v) is 15.1. The van der Waals surface area contributed by atoms with Gasteiger partial charge >= 0.3 is 0 Å². The molecule has 0 fully saturated rings. The lowest BCUT2D eigenvalue weighted by atomic mass is 10.1. The van der Waals surface area contributed by atoms with E-state index in [1.165, 1.54) is 40.4 Å². The molecule has 0 radical (unpaired) electrons. The summed E-state index contributed by atoms with van der Waals surface area (Å²) in [5.41, 5.74) is 1.04. The van der Waals surface area contributed by atoms with Gasteiger partial charge < -0.3 is 0 Å². The van der Waals surface area contributed by atoms with Crippen molar-refractivity contribution in [2.24, 2.45) is 10.1 Å². The molecule has 0 atom stereocenters. The van der Waals surface area contributed by atoms with Crippen molar-refractivity contribution in [3.63, 3.8) is 0 Å². The fourth-order valence-corrected chi connectivity index (χ4v) is 3.32. The third kappa shape index (κ3) is 3.81. The second-order valence-electron chi connectivity index (χ2n) is 5.20. The minimum Gasteiger partial charge on any atom is -0.253 e. The maximum atomic E-state index is 14.2. The number of rotatable bonds is 5. The Bertz CT molecular complexity index is 1020. The number of hydrogen-bond donors (Lipinski definition) is 0. The van der Waals surface area contributed by atoms with Gasteiger partial charge in [0.25, 0.3) is 0 Å². The van der Waals surface area contributed by atoms with Crippen molar-refractivity contribution < 1.29 is 8.78 Å². The van der Waals surface area contributed by atoms with Gasteiger partial charge in [0, 0.05) is 16.5 Å². The van der Waals surface area contributed by atoms with Gasteiger partial charge in [-0.3, -0.25) is 4.99 Å². The fraction of sp³-hybridized carbons (Fsp3) is 0.0526. The van der Waals surface area contributed by atoms with Crippen LogP contribution in [0.15, 0.2) is 70.6 Å². The topological polar surface area (TPSA) is 29.6 Å². The van der Waals surface area contributed by atoms with Crippen LogP contribution in [0.1, 0.15) is 5.56 Å². The number of thiazole rings is 1. The molecule has 3 nitrogen and oxygen atoms in total. The summed E-state index contributed by atoms with van der Waals surface area (Å²) in [4.78, 5) is 4.89. The Morgan fingerprint density at radius 2 is 1.88 bits per heavy atom. The van der Waals surface area contributed by atoms with Crippen molar-refractivity contribution in [1.82, 2.24) is 4.68 Å². The molecule has 7 heteroatoms. The predicted molar refractivity (Wildman–Crippen MR) is 103 cm³/mol. The number of nitrogens with zero attached hydrogens (tertiary/aromatic N) is 3. The Hall–Kier alpha value is -2.57. The van der Waals surface area contributed by atoms with Gasteiger partial charge in [0.2, 0.25) is 4.80 Å². The first-order valence-corrected chi connectivity index (χ1v) is 8.92. The molecule has 0 saturated heterocycles. The van der Waals surface area contributed by atoms with E-state index in [2.05, 4.69) is 16.7 Å². The molecule has 0 amide bonds. The summed E-state index contributed by atoms with van der Waals surface area (Å²) in [7, 11) is 0. The normalized spacial score (nSPS) is 12.0. The molecule has 0 aliphatic rings. The summed E-state index contributed by atoms with van der Waals surface area (Å²) in [6.07, 6.45) is 2.95. The number of benzene rings is 2. The highest BCUT2D eigenvalue weighted by Crippen LogP contribution is 2.23. The lowest BCUT2D eigenvalue weighted by molar-refractivity contribution is 0.625. The first kappa shape index (κ1) is 18.2. The average molecular weight is 390 g/mol. The van der Waals surface area contributed by atoms with Gasteiger partial charge in [-0.05, 0) is 24.3 Å². The summed E-state index contributed by atoms with van der Waals surface area (Å²) < 4.78 is 29.7. The van der Waals surface area contributed by atoms with E-state index in [0.29, 0.717) is 22.6 Å². The van der Waals surface area contributed by atoms with Gasteiger partial charge in [-0.15, -0.1) is 17.9 Å². The van der Waals surface area contributed by atoms with Gasteiger partial charge in [0.05, 0.1) is 23.5 Å². The van der Waals surface area contributed by atoms with Gasteiger partial charge in [0.1, 0.15) is 11.6 Å². The maximum absolute atomic E-state index is 14.2. The molecule has 1 heterocycles. The number of aromatic nitrogens is 1. The van der Waals surface area contributed by atoms with Crippen molar-refractivity contribution in [1.29, 1.82) is 0 Å². The molecule has 1 aromatic heterocycles. The summed E-state index contributed by atoms with van der Waals surface area (Å²) in [6, 6.07) is 10.8. The summed E-state index contributed by atoms with van der Waals surface area (Å²) in [6.45, 7) is 4.02. The predicted octanol–water partition coefficient (Wildman–Crippen LogP) is 5.12. The molecule has 0 N–H and O–H groups in total. The highest BCUT2D eigenvalue weighted by atomic mass is 35.5. The largest absolute Gasteiger partial charge is 0.253 e. The van der Waals surface area contributed by atoms with Crippen molar-refractivity contribution in [3.8, 4) is 11.3 Å². The van der Waals surface area contributed by atoms with Crippen LogP contribution in [-0.2, 0) is 0 Å². The van der Waals surface area contributed by atoms with E-state index >= 15 is 0 Å². The van der Waals surface area contributed by atoms with Crippen LogP contribution in [0.4, 0.5) is 8.78 Å². The van der Waals surface area contributed by atoms with E-state index in [0.717, 1.165) is 0 Å². The molecule has 26 heavy (non-hydrogen) atoms. The van der Waals surface area contributed by atoms with Gasteiger partial charge in [-0.25, -0.2) is 13.5 Å². The second kappa shape index (κ2) is 8.21. The van der Waals surface area contributed by atoms with E-state index < -0.39 is 5.82 Å². The van der Waals surface area contributed by atoms with Crippen LogP contribution in [0.3, 0.4) is 0 Å². The van der Waals surface area contributed by atoms with Crippen LogP contribution in [0.2, 0.25) is 5.02 Å². The van der Waals surface area contributed by atoms with E-state index in [4.69, 9.17) is 11.6 Å². The van der Waals surface area contributed by atoms with Crippen LogP contribution < -0.4 is 4.80 Å². The smallest absolute Gasteiger partial charge is 0.206 e. The van der Waals surface area contributed by atoms with Crippen LogP contribution in [0, 0.1) is 11.6 Å². The molecule has 0 spiro atoms. The van der Waals surface area contributed by atoms with Crippen LogP contribution >= 0.6 is 22.9 Å². The molecule has 0 aliphatic heterocycles. The van der Waals surface area contributed by atoms with Gasteiger partial charge in [-0.1, -0.05) is 35.9 Å². The summed E-state index contributed by atoms with van der Waals surface area (Å²) in [5, 5.41) is 6.30. The molecular formula is C19H14ClF2N3S. The monoisotopic (exact) mass is 389 g/mol. The Kier molecular flexibility index (Phi) is 5.75. The Balaban J connectivity index is 2.15. The molecular weight excluding hydrogens is 376 g/mol. The van der Waals surface area contributed by atoms with Crippen molar-refractivity contribution in [3.05, 3.63) is 87.5 Å². The van der Waals surface area contributed by atoms with Crippen molar-refractivity contribution in [2.75, 3.05) is 6.54 Å². The first-order chi connectivity index (χ1) is 12.6. The zero-order chi connectivity index (χ0) is 18.5. The third-order valence-electron chi connectivity index (χ3n) is 3.49.